The van der Waals surface area contributed by atoms with Crippen LogP contribution in [0.5, 0.6) is 0 Å². The number of piperidine rings is 1. The van der Waals surface area contributed by atoms with Crippen LogP contribution in [0.3, 0.4) is 0 Å². The van der Waals surface area contributed by atoms with Crippen molar-refractivity contribution in [1.29, 1.82) is 0 Å². The molecule has 0 bridgehead atoms. The summed E-state index contributed by atoms with van der Waals surface area (Å²) in [5.74, 6) is 0.626. The number of amides is 1. The Morgan fingerprint density at radius 2 is 2.37 bits per heavy atom. The molecule has 0 aliphatic carbocycles. The SMILES string of the molecule is CC1CC(C(=O)N2CCCC2c2cccs2)CCN1. The molecule has 19 heavy (non-hydrogen) atoms. The summed E-state index contributed by atoms with van der Waals surface area (Å²) in [6, 6.07) is 5.09. The standard InChI is InChI=1S/C15H22N2OS/c1-11-10-12(6-7-16-11)15(18)17-8-2-4-13(17)14-5-3-9-19-14/h3,5,9,11-13,16H,2,4,6-8,10H2,1H3. The first-order valence-corrected chi connectivity index (χ1v) is 8.21. The van der Waals surface area contributed by atoms with Crippen molar-refractivity contribution in [2.24, 2.45) is 5.92 Å². The zero-order valence-corrected chi connectivity index (χ0v) is 12.3. The molecule has 0 spiro atoms. The average Bonchev–Trinajstić information content (AvgIpc) is 3.08. The van der Waals surface area contributed by atoms with Crippen LogP contribution in [0.4, 0.5) is 0 Å². The Morgan fingerprint density at radius 1 is 1.47 bits per heavy atom. The molecule has 104 valence electrons. The van der Waals surface area contributed by atoms with Crippen LogP contribution >= 0.6 is 11.3 Å². The summed E-state index contributed by atoms with van der Waals surface area (Å²) >= 11 is 1.78. The summed E-state index contributed by atoms with van der Waals surface area (Å²) in [6.45, 7) is 4.11. The van der Waals surface area contributed by atoms with E-state index in [1.165, 1.54) is 4.88 Å². The van der Waals surface area contributed by atoms with Gasteiger partial charge in [0.05, 0.1) is 6.04 Å². The third-order valence-corrected chi connectivity index (χ3v) is 5.35. The molecule has 2 aliphatic heterocycles. The van der Waals surface area contributed by atoms with Crippen LogP contribution in [0.15, 0.2) is 17.5 Å². The number of nitrogens with zero attached hydrogens (tertiary/aromatic N) is 1. The fourth-order valence-electron chi connectivity index (χ4n) is 3.40. The molecule has 3 heterocycles. The fraction of sp³-hybridized carbons (Fsp3) is 0.667. The van der Waals surface area contributed by atoms with Crippen molar-refractivity contribution < 1.29 is 4.79 Å². The predicted octanol–water partition coefficient (Wildman–Crippen LogP) is 2.80. The maximum atomic E-state index is 12.8. The van der Waals surface area contributed by atoms with Crippen LogP contribution in [0.1, 0.15) is 43.5 Å². The van der Waals surface area contributed by atoms with Crippen LogP contribution < -0.4 is 5.32 Å². The second-order valence-corrected chi connectivity index (χ2v) is 6.76. The Kier molecular flexibility index (Phi) is 3.89. The van der Waals surface area contributed by atoms with Gasteiger partial charge < -0.3 is 10.2 Å². The van der Waals surface area contributed by atoms with E-state index in [1.807, 2.05) is 0 Å². The van der Waals surface area contributed by atoms with Gasteiger partial charge in [0.2, 0.25) is 5.91 Å². The van der Waals surface area contributed by atoms with Gasteiger partial charge in [0.1, 0.15) is 0 Å². The zero-order chi connectivity index (χ0) is 13.2. The summed E-state index contributed by atoms with van der Waals surface area (Å²) in [6.07, 6.45) is 4.27. The molecular formula is C15H22N2OS. The lowest BCUT2D eigenvalue weighted by Gasteiger charge is -2.32. The molecule has 0 radical (unpaired) electrons. The van der Waals surface area contributed by atoms with Crippen molar-refractivity contribution in [1.82, 2.24) is 10.2 Å². The van der Waals surface area contributed by atoms with E-state index in [0.717, 1.165) is 38.8 Å². The highest BCUT2D eigenvalue weighted by atomic mass is 32.1. The van der Waals surface area contributed by atoms with E-state index in [1.54, 1.807) is 11.3 Å². The third kappa shape index (κ3) is 2.70. The van der Waals surface area contributed by atoms with Gasteiger partial charge >= 0.3 is 0 Å². The quantitative estimate of drug-likeness (QED) is 0.902. The first-order chi connectivity index (χ1) is 9.25. The van der Waals surface area contributed by atoms with Crippen LogP contribution in [0, 0.1) is 5.92 Å². The van der Waals surface area contributed by atoms with E-state index in [4.69, 9.17) is 0 Å². The summed E-state index contributed by atoms with van der Waals surface area (Å²) < 4.78 is 0. The van der Waals surface area contributed by atoms with E-state index >= 15 is 0 Å². The number of rotatable bonds is 2. The van der Waals surface area contributed by atoms with Crippen molar-refractivity contribution in [3.63, 3.8) is 0 Å². The van der Waals surface area contributed by atoms with Gasteiger partial charge in [-0.05, 0) is 50.6 Å². The number of nitrogens with one attached hydrogen (secondary N) is 1. The number of carbonyl (C=O) groups is 1. The number of likely N-dealkylation sites (tertiary alicyclic amines) is 1. The van der Waals surface area contributed by atoms with Crippen molar-refractivity contribution in [3.05, 3.63) is 22.4 Å². The lowest BCUT2D eigenvalue weighted by molar-refractivity contribution is -0.137. The third-order valence-electron chi connectivity index (χ3n) is 4.38. The Hall–Kier alpha value is -0.870. The van der Waals surface area contributed by atoms with Gasteiger partial charge in [-0.15, -0.1) is 11.3 Å². The largest absolute Gasteiger partial charge is 0.335 e. The maximum absolute atomic E-state index is 12.8. The van der Waals surface area contributed by atoms with Crippen LogP contribution in [-0.2, 0) is 4.79 Å². The predicted molar refractivity (Wildman–Crippen MR) is 78.2 cm³/mol. The lowest BCUT2D eigenvalue weighted by Crippen LogP contribution is -2.43. The molecule has 3 atom stereocenters. The van der Waals surface area contributed by atoms with Gasteiger partial charge in [-0.3, -0.25) is 4.79 Å². The van der Waals surface area contributed by atoms with Crippen LogP contribution in [-0.4, -0.2) is 29.9 Å². The molecule has 1 N–H and O–H groups in total. The van der Waals surface area contributed by atoms with E-state index in [0.29, 0.717) is 18.0 Å². The molecule has 0 saturated carbocycles. The zero-order valence-electron chi connectivity index (χ0n) is 11.5. The van der Waals surface area contributed by atoms with E-state index < -0.39 is 0 Å². The molecule has 2 fully saturated rings. The summed E-state index contributed by atoms with van der Waals surface area (Å²) in [7, 11) is 0. The Balaban J connectivity index is 1.71. The minimum absolute atomic E-state index is 0.233. The van der Waals surface area contributed by atoms with E-state index in [2.05, 4.69) is 34.7 Å². The minimum atomic E-state index is 0.233. The molecule has 1 aromatic rings. The van der Waals surface area contributed by atoms with Gasteiger partial charge in [0, 0.05) is 23.4 Å². The molecule has 1 aromatic heterocycles. The highest BCUT2D eigenvalue weighted by Gasteiger charge is 2.35. The van der Waals surface area contributed by atoms with Crippen molar-refractivity contribution in [3.8, 4) is 0 Å². The minimum Gasteiger partial charge on any atom is -0.335 e. The molecule has 1 amide bonds. The monoisotopic (exact) mass is 278 g/mol. The Labute approximate surface area is 119 Å². The number of thiophene rings is 1. The van der Waals surface area contributed by atoms with Gasteiger partial charge in [-0.1, -0.05) is 6.07 Å². The molecule has 4 heteroatoms. The summed E-state index contributed by atoms with van der Waals surface area (Å²) in [5, 5.41) is 5.54. The van der Waals surface area contributed by atoms with E-state index in [9.17, 15) is 4.79 Å². The first-order valence-electron chi connectivity index (χ1n) is 7.33. The van der Waals surface area contributed by atoms with Crippen LogP contribution in [0.2, 0.25) is 0 Å². The van der Waals surface area contributed by atoms with Crippen molar-refractivity contribution >= 4 is 17.2 Å². The molecule has 3 unspecified atom stereocenters. The average molecular weight is 278 g/mol. The Bertz CT molecular complexity index is 431. The molecule has 0 aromatic carbocycles. The highest BCUT2D eigenvalue weighted by molar-refractivity contribution is 7.10. The van der Waals surface area contributed by atoms with Gasteiger partial charge in [0.15, 0.2) is 0 Å². The number of hydrogen-bond acceptors (Lipinski definition) is 3. The van der Waals surface area contributed by atoms with E-state index in [-0.39, 0.29) is 5.92 Å². The molecular weight excluding hydrogens is 256 g/mol. The summed E-state index contributed by atoms with van der Waals surface area (Å²) in [5.41, 5.74) is 0. The van der Waals surface area contributed by atoms with Gasteiger partial charge in [0.25, 0.3) is 0 Å². The smallest absolute Gasteiger partial charge is 0.226 e. The molecule has 2 saturated heterocycles. The van der Waals surface area contributed by atoms with Crippen molar-refractivity contribution in [2.75, 3.05) is 13.1 Å². The maximum Gasteiger partial charge on any atom is 0.226 e. The van der Waals surface area contributed by atoms with Gasteiger partial charge in [-0.2, -0.15) is 0 Å². The fourth-order valence-corrected chi connectivity index (χ4v) is 4.27. The second-order valence-electron chi connectivity index (χ2n) is 5.78. The second kappa shape index (κ2) is 5.63. The Morgan fingerprint density at radius 3 is 3.11 bits per heavy atom. The molecule has 3 nitrogen and oxygen atoms in total. The summed E-state index contributed by atoms with van der Waals surface area (Å²) in [4.78, 5) is 16.3. The van der Waals surface area contributed by atoms with Crippen LogP contribution in [0.25, 0.3) is 0 Å². The number of carbonyl (C=O) groups excluding carboxylic acids is 1. The highest BCUT2D eigenvalue weighted by Crippen LogP contribution is 2.36. The normalized spacial score (nSPS) is 31.6. The first kappa shape index (κ1) is 13.1. The van der Waals surface area contributed by atoms with Crippen molar-refractivity contribution in [2.45, 2.75) is 44.7 Å². The van der Waals surface area contributed by atoms with Gasteiger partial charge in [-0.25, -0.2) is 0 Å². The topological polar surface area (TPSA) is 32.3 Å². The lowest BCUT2D eigenvalue weighted by atomic mass is 9.91. The molecule has 3 rings (SSSR count). The molecule has 2 aliphatic rings. The number of hydrogen-bond donors (Lipinski definition) is 1.